The van der Waals surface area contributed by atoms with E-state index < -0.39 is 6.48 Å². The highest BCUT2D eigenvalue weighted by molar-refractivity contribution is 5.59. The van der Waals surface area contributed by atoms with Crippen LogP contribution in [-0.4, -0.2) is 25.3 Å². The fourth-order valence-corrected chi connectivity index (χ4v) is 6.99. The summed E-state index contributed by atoms with van der Waals surface area (Å²) >= 11 is 0. The summed E-state index contributed by atoms with van der Waals surface area (Å²) in [6, 6.07) is 14.0. The van der Waals surface area contributed by atoms with Crippen LogP contribution in [-0.2, 0) is 21.5 Å². The van der Waals surface area contributed by atoms with Crippen LogP contribution in [0.25, 0.3) is 0 Å². The third-order valence-corrected chi connectivity index (χ3v) is 7.82. The van der Waals surface area contributed by atoms with Crippen molar-refractivity contribution in [3.05, 3.63) is 64.7 Å². The van der Waals surface area contributed by atoms with Crippen LogP contribution in [0.5, 0.6) is 5.75 Å². The number of hydrogen-bond donors (Lipinski definition) is 1. The predicted molar refractivity (Wildman–Crippen MR) is 128 cm³/mol. The topological polar surface area (TPSA) is 47.9 Å². The van der Waals surface area contributed by atoms with Crippen molar-refractivity contribution in [3.8, 4) is 17.6 Å². The number of ether oxygens (including phenoxy) is 3. The van der Waals surface area contributed by atoms with Gasteiger partial charge in [0.15, 0.2) is 0 Å². The van der Waals surface area contributed by atoms with Gasteiger partial charge in [0.2, 0.25) is 0 Å². The molecule has 0 amide bonds. The highest BCUT2D eigenvalue weighted by Crippen LogP contribution is 2.62. The average Bonchev–Trinajstić information content (AvgIpc) is 2.82. The second kappa shape index (κ2) is 9.50. The maximum Gasteiger partial charge on any atom is 0.315 e. The van der Waals surface area contributed by atoms with Crippen LogP contribution >= 0.6 is 0 Å². The van der Waals surface area contributed by atoms with E-state index in [0.29, 0.717) is 6.61 Å². The molecule has 4 aliphatic rings. The third kappa shape index (κ3) is 4.43. The van der Waals surface area contributed by atoms with Gasteiger partial charge in [-0.05, 0) is 87.0 Å². The van der Waals surface area contributed by atoms with Gasteiger partial charge in [-0.25, -0.2) is 0 Å². The first kappa shape index (κ1) is 22.5. The van der Waals surface area contributed by atoms with E-state index in [9.17, 15) is 5.11 Å². The molecule has 33 heavy (non-hydrogen) atoms. The first-order valence-electron chi connectivity index (χ1n) is 12.3. The molecule has 1 atom stereocenters. The Morgan fingerprint density at radius 3 is 2.21 bits per heavy atom. The largest absolute Gasteiger partial charge is 0.441 e. The van der Waals surface area contributed by atoms with Crippen LogP contribution in [0.2, 0.25) is 0 Å². The zero-order valence-electron chi connectivity index (χ0n) is 19.7. The lowest BCUT2D eigenvalue weighted by molar-refractivity contribution is -0.231. The van der Waals surface area contributed by atoms with Crippen molar-refractivity contribution in [2.24, 2.45) is 17.8 Å². The zero-order valence-corrected chi connectivity index (χ0v) is 19.7. The monoisotopic (exact) mass is 446 g/mol. The normalized spacial score (nSPS) is 28.3. The molecule has 0 aliphatic heterocycles. The fourth-order valence-electron chi connectivity index (χ4n) is 6.99. The molecule has 0 spiro atoms. The molecule has 6 rings (SSSR count). The summed E-state index contributed by atoms with van der Waals surface area (Å²) in [4.78, 5) is 0. The lowest BCUT2D eigenvalue weighted by Crippen LogP contribution is -2.49. The van der Waals surface area contributed by atoms with Crippen molar-refractivity contribution >= 4 is 0 Å². The number of aliphatic hydroxyl groups excluding tert-OH is 1. The van der Waals surface area contributed by atoms with Crippen LogP contribution in [0, 0.1) is 29.6 Å². The standard InChI is InChI=1S/C29H34O4/c1-3-32-28(31-2)33-26-12-10-24(19-30)25(11-9-20-7-5-4-6-8-20)27(26)29-16-21-13-22(17-29)15-23(14-21)18-29/h4-8,10,12,21-23,28,30H,3,13-19H2,1-2H3. The van der Waals surface area contributed by atoms with Gasteiger partial charge in [0.25, 0.3) is 0 Å². The van der Waals surface area contributed by atoms with Gasteiger partial charge in [0.1, 0.15) is 5.75 Å². The lowest BCUT2D eigenvalue weighted by atomic mass is 9.47. The molecule has 0 heterocycles. The molecule has 4 fully saturated rings. The summed E-state index contributed by atoms with van der Waals surface area (Å²) in [5.41, 5.74) is 3.96. The van der Waals surface area contributed by atoms with E-state index in [1.54, 1.807) is 7.11 Å². The minimum absolute atomic E-state index is 0.0421. The van der Waals surface area contributed by atoms with Gasteiger partial charge < -0.3 is 19.3 Å². The minimum atomic E-state index is -0.766. The number of rotatable bonds is 7. The molecule has 4 nitrogen and oxygen atoms in total. The fraction of sp³-hybridized carbons (Fsp3) is 0.517. The molecular formula is C29H34O4. The van der Waals surface area contributed by atoms with E-state index in [4.69, 9.17) is 14.2 Å². The van der Waals surface area contributed by atoms with Gasteiger partial charge in [-0.2, -0.15) is 0 Å². The molecule has 4 bridgehead atoms. The average molecular weight is 447 g/mol. The Balaban J connectivity index is 1.66. The minimum Gasteiger partial charge on any atom is -0.441 e. The van der Waals surface area contributed by atoms with Crippen molar-refractivity contribution in [3.63, 3.8) is 0 Å². The lowest BCUT2D eigenvalue weighted by Gasteiger charge is -2.57. The highest BCUT2D eigenvalue weighted by atomic mass is 16.8. The first-order valence-corrected chi connectivity index (χ1v) is 12.3. The van der Waals surface area contributed by atoms with Crippen molar-refractivity contribution < 1.29 is 19.3 Å². The van der Waals surface area contributed by atoms with Gasteiger partial charge in [-0.3, -0.25) is 0 Å². The summed E-state index contributed by atoms with van der Waals surface area (Å²) in [5.74, 6) is 9.94. The number of hydrogen-bond acceptors (Lipinski definition) is 4. The predicted octanol–water partition coefficient (Wildman–Crippen LogP) is 5.39. The molecule has 2 aromatic carbocycles. The third-order valence-electron chi connectivity index (χ3n) is 7.82. The van der Waals surface area contributed by atoms with Crippen LogP contribution in [0.3, 0.4) is 0 Å². The summed E-state index contributed by atoms with van der Waals surface area (Å²) in [7, 11) is 1.60. The molecule has 174 valence electrons. The molecule has 0 aromatic heterocycles. The summed E-state index contributed by atoms with van der Waals surface area (Å²) in [6.45, 7) is 1.62. The van der Waals surface area contributed by atoms with E-state index in [2.05, 4.69) is 11.8 Å². The molecule has 0 saturated heterocycles. The number of benzene rings is 2. The summed E-state index contributed by atoms with van der Waals surface area (Å²) in [6.07, 6.45) is 7.61. The Labute approximate surface area is 197 Å². The molecule has 1 unspecified atom stereocenters. The Kier molecular flexibility index (Phi) is 6.47. The van der Waals surface area contributed by atoms with Crippen molar-refractivity contribution in [2.45, 2.75) is 63.9 Å². The molecule has 0 radical (unpaired) electrons. The van der Waals surface area contributed by atoms with Gasteiger partial charge in [0.05, 0.1) is 13.2 Å². The first-order chi connectivity index (χ1) is 16.1. The highest BCUT2D eigenvalue weighted by Gasteiger charge is 2.53. The quantitative estimate of drug-likeness (QED) is 0.457. The van der Waals surface area contributed by atoms with E-state index in [-0.39, 0.29) is 12.0 Å². The van der Waals surface area contributed by atoms with E-state index >= 15 is 0 Å². The van der Waals surface area contributed by atoms with Crippen molar-refractivity contribution in [1.29, 1.82) is 0 Å². The molecular weight excluding hydrogens is 412 g/mol. The number of methoxy groups -OCH3 is 1. The van der Waals surface area contributed by atoms with Crippen LogP contribution in [0.15, 0.2) is 42.5 Å². The van der Waals surface area contributed by atoms with Crippen LogP contribution < -0.4 is 4.74 Å². The Bertz CT molecular complexity index is 998. The van der Waals surface area contributed by atoms with Gasteiger partial charge in [-0.1, -0.05) is 36.1 Å². The molecule has 2 aromatic rings. The Hall–Kier alpha value is -2.32. The van der Waals surface area contributed by atoms with E-state index in [1.807, 2.05) is 49.4 Å². The maximum absolute atomic E-state index is 10.3. The van der Waals surface area contributed by atoms with Gasteiger partial charge in [0, 0.05) is 29.2 Å². The number of aliphatic hydroxyl groups is 1. The summed E-state index contributed by atoms with van der Waals surface area (Å²) < 4.78 is 17.5. The van der Waals surface area contributed by atoms with E-state index in [1.165, 1.54) is 44.1 Å². The van der Waals surface area contributed by atoms with Crippen molar-refractivity contribution in [2.75, 3.05) is 13.7 Å². The Morgan fingerprint density at radius 1 is 0.970 bits per heavy atom. The zero-order chi connectivity index (χ0) is 22.8. The molecule has 1 N–H and O–H groups in total. The second-order valence-electron chi connectivity index (χ2n) is 10.0. The van der Waals surface area contributed by atoms with Crippen molar-refractivity contribution in [1.82, 2.24) is 0 Å². The van der Waals surface area contributed by atoms with Crippen LogP contribution in [0.1, 0.15) is 67.7 Å². The molecule has 4 aliphatic carbocycles. The summed E-state index contributed by atoms with van der Waals surface area (Å²) in [5, 5.41) is 10.3. The molecule has 4 heteroatoms. The second-order valence-corrected chi connectivity index (χ2v) is 10.0. The maximum atomic E-state index is 10.3. The smallest absolute Gasteiger partial charge is 0.315 e. The van der Waals surface area contributed by atoms with Gasteiger partial charge >= 0.3 is 6.48 Å². The SMILES string of the molecule is CCOC(OC)Oc1ccc(CO)c(C#Cc2ccccc2)c1C12CC3CC(CC(C3)C1)C2. The Morgan fingerprint density at radius 2 is 1.64 bits per heavy atom. The van der Waals surface area contributed by atoms with E-state index in [0.717, 1.165) is 40.2 Å². The molecule has 4 saturated carbocycles. The van der Waals surface area contributed by atoms with Gasteiger partial charge in [-0.15, -0.1) is 0 Å². The van der Waals surface area contributed by atoms with Crippen LogP contribution in [0.4, 0.5) is 0 Å².